The lowest BCUT2D eigenvalue weighted by atomic mass is 10.1. The lowest BCUT2D eigenvalue weighted by molar-refractivity contribution is -0.385. The summed E-state index contributed by atoms with van der Waals surface area (Å²) in [6.07, 6.45) is 0.771. The summed E-state index contributed by atoms with van der Waals surface area (Å²) < 4.78 is 5.10. The Hall–Kier alpha value is -2.89. The van der Waals surface area contributed by atoms with Crippen molar-refractivity contribution in [3.63, 3.8) is 0 Å². The number of fused-ring (bicyclic) bond motifs is 1. The van der Waals surface area contributed by atoms with Crippen molar-refractivity contribution >= 4 is 17.3 Å². The highest BCUT2D eigenvalue weighted by molar-refractivity contribution is 5.97. The van der Waals surface area contributed by atoms with E-state index in [-0.39, 0.29) is 18.0 Å². The topological polar surface area (TPSA) is 72.7 Å². The summed E-state index contributed by atoms with van der Waals surface area (Å²) in [5, 5.41) is 11.1. The van der Waals surface area contributed by atoms with Crippen LogP contribution in [0.5, 0.6) is 5.75 Å². The van der Waals surface area contributed by atoms with E-state index in [1.807, 2.05) is 24.3 Å². The van der Waals surface area contributed by atoms with Gasteiger partial charge in [-0.25, -0.2) is 0 Å². The number of ether oxygens (including phenoxy) is 1. The number of nitrogens with zero attached hydrogens (tertiary/aromatic N) is 2. The van der Waals surface area contributed by atoms with Crippen molar-refractivity contribution in [2.75, 3.05) is 18.6 Å². The van der Waals surface area contributed by atoms with Gasteiger partial charge in [-0.1, -0.05) is 18.2 Å². The van der Waals surface area contributed by atoms with Crippen molar-refractivity contribution in [2.24, 2.45) is 0 Å². The highest BCUT2D eigenvalue weighted by Crippen LogP contribution is 2.35. The molecule has 0 aliphatic carbocycles. The highest BCUT2D eigenvalue weighted by Gasteiger charge is 2.30. The maximum atomic E-state index is 12.5. The van der Waals surface area contributed by atoms with Crippen molar-refractivity contribution in [2.45, 2.75) is 12.8 Å². The van der Waals surface area contributed by atoms with E-state index in [1.54, 1.807) is 24.1 Å². The van der Waals surface area contributed by atoms with Crippen molar-refractivity contribution in [3.8, 4) is 5.75 Å². The van der Waals surface area contributed by atoms with Crippen molar-refractivity contribution < 1.29 is 14.5 Å². The summed E-state index contributed by atoms with van der Waals surface area (Å²) in [4.78, 5) is 24.9. The third-order valence-corrected chi connectivity index (χ3v) is 4.01. The molecule has 3 rings (SSSR count). The van der Waals surface area contributed by atoms with Gasteiger partial charge in [-0.15, -0.1) is 0 Å². The first-order valence-electron chi connectivity index (χ1n) is 7.29. The van der Waals surface area contributed by atoms with Crippen molar-refractivity contribution in [3.05, 3.63) is 63.7 Å². The summed E-state index contributed by atoms with van der Waals surface area (Å²) in [5.74, 6) is 0.678. The van der Waals surface area contributed by atoms with Gasteiger partial charge in [0.2, 0.25) is 5.91 Å². The van der Waals surface area contributed by atoms with Gasteiger partial charge in [0, 0.05) is 12.6 Å². The number of hydrogen-bond donors (Lipinski definition) is 0. The summed E-state index contributed by atoms with van der Waals surface area (Å²) in [7, 11) is 1.59. The number of hydrogen-bond acceptors (Lipinski definition) is 4. The average Bonchev–Trinajstić information content (AvgIpc) is 2.99. The van der Waals surface area contributed by atoms with Crippen LogP contribution in [0.4, 0.5) is 11.4 Å². The minimum Gasteiger partial charge on any atom is -0.497 e. The number of nitro benzene ring substituents is 1. The molecular formula is C17H16N2O4. The Bertz CT molecular complexity index is 756. The second-order valence-electron chi connectivity index (χ2n) is 5.35. The van der Waals surface area contributed by atoms with Gasteiger partial charge in [-0.05, 0) is 30.2 Å². The summed E-state index contributed by atoms with van der Waals surface area (Å²) in [5.41, 5.74) is 2.26. The van der Waals surface area contributed by atoms with Crippen LogP contribution in [0.3, 0.4) is 0 Å². The molecule has 2 aromatic carbocycles. The zero-order chi connectivity index (χ0) is 16.4. The third-order valence-electron chi connectivity index (χ3n) is 4.01. The van der Waals surface area contributed by atoms with Gasteiger partial charge in [-0.3, -0.25) is 14.9 Å². The molecule has 23 heavy (non-hydrogen) atoms. The minimum atomic E-state index is -0.393. The van der Waals surface area contributed by atoms with Crippen LogP contribution in [0.2, 0.25) is 0 Å². The highest BCUT2D eigenvalue weighted by atomic mass is 16.6. The molecule has 6 heteroatoms. The number of nitro groups is 1. The molecule has 1 amide bonds. The lowest BCUT2D eigenvalue weighted by Gasteiger charge is -2.17. The fourth-order valence-corrected chi connectivity index (χ4v) is 2.86. The van der Waals surface area contributed by atoms with Crippen LogP contribution in [-0.2, 0) is 17.6 Å². The first-order valence-corrected chi connectivity index (χ1v) is 7.29. The molecule has 0 aromatic heterocycles. The van der Waals surface area contributed by atoms with Gasteiger partial charge >= 0.3 is 0 Å². The van der Waals surface area contributed by atoms with Gasteiger partial charge in [0.25, 0.3) is 5.69 Å². The van der Waals surface area contributed by atoms with Crippen LogP contribution in [0.1, 0.15) is 11.1 Å². The minimum absolute atomic E-state index is 0.0607. The number of methoxy groups -OCH3 is 1. The largest absolute Gasteiger partial charge is 0.497 e. The first-order chi connectivity index (χ1) is 11.1. The summed E-state index contributed by atoms with van der Waals surface area (Å²) in [6.45, 7) is 0.481. The molecule has 2 aromatic rings. The molecule has 0 N–H and O–H groups in total. The zero-order valence-corrected chi connectivity index (χ0v) is 12.7. The second kappa shape index (κ2) is 6.08. The summed E-state index contributed by atoms with van der Waals surface area (Å²) in [6, 6.07) is 12.2. The number of anilines is 1. The van der Waals surface area contributed by atoms with Gasteiger partial charge < -0.3 is 9.64 Å². The maximum Gasteiger partial charge on any atom is 0.274 e. The molecule has 0 fully saturated rings. The molecule has 0 atom stereocenters. The third kappa shape index (κ3) is 2.88. The van der Waals surface area contributed by atoms with E-state index in [1.165, 1.54) is 6.07 Å². The first kappa shape index (κ1) is 15.0. The van der Waals surface area contributed by atoms with E-state index in [2.05, 4.69) is 0 Å². The van der Waals surface area contributed by atoms with E-state index >= 15 is 0 Å². The van der Waals surface area contributed by atoms with E-state index in [9.17, 15) is 14.9 Å². The Labute approximate surface area is 133 Å². The molecule has 0 saturated carbocycles. The predicted molar refractivity (Wildman–Crippen MR) is 85.9 cm³/mol. The summed E-state index contributed by atoms with van der Waals surface area (Å²) >= 11 is 0. The average molecular weight is 312 g/mol. The fraction of sp³-hybridized carbons (Fsp3) is 0.235. The molecule has 0 unspecified atom stereocenters. The smallest absolute Gasteiger partial charge is 0.274 e. The monoisotopic (exact) mass is 312 g/mol. The van der Waals surface area contributed by atoms with Crippen LogP contribution < -0.4 is 9.64 Å². The molecule has 1 heterocycles. The lowest BCUT2D eigenvalue weighted by Crippen LogP contribution is -2.30. The SMILES string of the molecule is COc1ccc(CC(=O)N2CCc3c2cccc3[N+](=O)[O-])cc1. The van der Waals surface area contributed by atoms with Crippen LogP contribution in [-0.4, -0.2) is 24.5 Å². The molecule has 118 valence electrons. The number of carbonyl (C=O) groups excluding carboxylic acids is 1. The Morgan fingerprint density at radius 3 is 2.65 bits per heavy atom. The normalized spacial score (nSPS) is 12.8. The van der Waals surface area contributed by atoms with Crippen LogP contribution >= 0.6 is 0 Å². The molecule has 6 nitrogen and oxygen atoms in total. The predicted octanol–water partition coefficient (Wildman–Crippen LogP) is 2.74. The Morgan fingerprint density at radius 2 is 2.00 bits per heavy atom. The zero-order valence-electron chi connectivity index (χ0n) is 12.7. The van der Waals surface area contributed by atoms with Crippen LogP contribution in [0.15, 0.2) is 42.5 Å². The second-order valence-corrected chi connectivity index (χ2v) is 5.35. The fourth-order valence-electron chi connectivity index (χ4n) is 2.86. The van der Waals surface area contributed by atoms with Crippen molar-refractivity contribution in [1.82, 2.24) is 0 Å². The number of benzene rings is 2. The quantitative estimate of drug-likeness (QED) is 0.643. The molecule has 0 radical (unpaired) electrons. The Kier molecular flexibility index (Phi) is 3.97. The molecule has 1 aliphatic rings. The molecular weight excluding hydrogens is 296 g/mol. The molecule has 0 spiro atoms. The van der Waals surface area contributed by atoms with E-state index in [0.717, 1.165) is 11.3 Å². The maximum absolute atomic E-state index is 12.5. The molecule has 0 saturated heterocycles. The van der Waals surface area contributed by atoms with Gasteiger partial charge in [0.15, 0.2) is 0 Å². The van der Waals surface area contributed by atoms with Gasteiger partial charge in [0.1, 0.15) is 5.75 Å². The van der Waals surface area contributed by atoms with Crippen LogP contribution in [0, 0.1) is 10.1 Å². The number of carbonyl (C=O) groups is 1. The van der Waals surface area contributed by atoms with Gasteiger partial charge in [-0.2, -0.15) is 0 Å². The van der Waals surface area contributed by atoms with E-state index in [4.69, 9.17) is 4.74 Å². The standard InChI is InChI=1S/C17H16N2O4/c1-23-13-7-5-12(6-8-13)11-17(20)18-10-9-14-15(18)3-2-4-16(14)19(21)22/h2-8H,9-11H2,1H3. The van der Waals surface area contributed by atoms with Gasteiger partial charge in [0.05, 0.1) is 29.7 Å². The van der Waals surface area contributed by atoms with E-state index < -0.39 is 4.92 Å². The van der Waals surface area contributed by atoms with Crippen LogP contribution in [0.25, 0.3) is 0 Å². The van der Waals surface area contributed by atoms with Crippen molar-refractivity contribution in [1.29, 1.82) is 0 Å². The molecule has 1 aliphatic heterocycles. The number of rotatable bonds is 4. The Morgan fingerprint density at radius 1 is 1.26 bits per heavy atom. The Balaban J connectivity index is 1.80. The number of amides is 1. The molecule has 0 bridgehead atoms. The van der Waals surface area contributed by atoms with E-state index in [0.29, 0.717) is 24.2 Å².